The summed E-state index contributed by atoms with van der Waals surface area (Å²) in [6, 6.07) is 0. The molecule has 0 saturated carbocycles. The van der Waals surface area contributed by atoms with Crippen LogP contribution < -0.4 is 0 Å². The van der Waals surface area contributed by atoms with Crippen LogP contribution in [0, 0.1) is 0 Å². The van der Waals surface area contributed by atoms with Gasteiger partial charge in [-0.25, -0.2) is 0 Å². The molecule has 0 aromatic heterocycles. The van der Waals surface area contributed by atoms with Crippen LogP contribution in [0.2, 0.25) is 0 Å². The summed E-state index contributed by atoms with van der Waals surface area (Å²) < 4.78 is 34.4. The summed E-state index contributed by atoms with van der Waals surface area (Å²) in [7, 11) is 0. The summed E-state index contributed by atoms with van der Waals surface area (Å²) in [6.45, 7) is 0. The van der Waals surface area contributed by atoms with Crippen molar-refractivity contribution in [2.45, 2.75) is 38.1 Å². The molecule has 0 radical (unpaired) electrons. The lowest BCUT2D eigenvalue weighted by atomic mass is 10.2. The molecule has 0 unspecified atom stereocenters. The molecule has 11 heavy (non-hydrogen) atoms. The van der Waals surface area contributed by atoms with E-state index in [4.69, 9.17) is 10.2 Å². The van der Waals surface area contributed by atoms with Gasteiger partial charge in [0.25, 0.3) is 0 Å². The number of halogens is 3. The van der Waals surface area contributed by atoms with Crippen LogP contribution in [0.3, 0.4) is 0 Å². The molecule has 0 bridgehead atoms. The van der Waals surface area contributed by atoms with Gasteiger partial charge in [-0.3, -0.25) is 0 Å². The maximum atomic E-state index is 11.5. The van der Waals surface area contributed by atoms with Crippen LogP contribution in [0.15, 0.2) is 0 Å². The Morgan fingerprint density at radius 2 is 1.64 bits per heavy atom. The highest BCUT2D eigenvalue weighted by Gasteiger charge is 2.25. The zero-order valence-corrected chi connectivity index (χ0v) is 5.93. The minimum absolute atomic E-state index is 0.0100. The van der Waals surface area contributed by atoms with Gasteiger partial charge in [-0.1, -0.05) is 0 Å². The number of aliphatic hydroxyl groups excluding tert-OH is 1. The van der Waals surface area contributed by atoms with Crippen molar-refractivity contribution in [3.05, 3.63) is 0 Å². The summed E-state index contributed by atoms with van der Waals surface area (Å²) in [6.07, 6.45) is -6.29. The molecule has 0 atom stereocenters. The lowest BCUT2D eigenvalue weighted by Gasteiger charge is -2.05. The van der Waals surface area contributed by atoms with Gasteiger partial charge in [0.15, 0.2) is 6.29 Å². The van der Waals surface area contributed by atoms with Gasteiger partial charge >= 0.3 is 6.18 Å². The van der Waals surface area contributed by atoms with Crippen LogP contribution in [0.4, 0.5) is 13.2 Å². The summed E-state index contributed by atoms with van der Waals surface area (Å²) in [4.78, 5) is 0. The van der Waals surface area contributed by atoms with Gasteiger partial charge in [-0.2, -0.15) is 13.2 Å². The molecule has 2 nitrogen and oxygen atoms in total. The van der Waals surface area contributed by atoms with Gasteiger partial charge < -0.3 is 10.2 Å². The highest BCUT2D eigenvalue weighted by molar-refractivity contribution is 4.51. The second-order valence-corrected chi connectivity index (χ2v) is 2.34. The maximum absolute atomic E-state index is 11.5. The molecule has 0 fully saturated rings. The monoisotopic (exact) mass is 172 g/mol. The quantitative estimate of drug-likeness (QED) is 0.497. The van der Waals surface area contributed by atoms with Crippen LogP contribution in [0.1, 0.15) is 25.7 Å². The second-order valence-electron chi connectivity index (χ2n) is 2.34. The second kappa shape index (κ2) is 4.56. The SMILES string of the molecule is OC(O)CCCCC(F)(F)F. The Balaban J connectivity index is 3.15. The first-order valence-electron chi connectivity index (χ1n) is 3.35. The van der Waals surface area contributed by atoms with E-state index in [1.807, 2.05) is 0 Å². The molecule has 0 aliphatic heterocycles. The molecule has 2 N–H and O–H groups in total. The van der Waals surface area contributed by atoms with E-state index < -0.39 is 18.9 Å². The zero-order valence-electron chi connectivity index (χ0n) is 5.93. The maximum Gasteiger partial charge on any atom is 0.389 e. The van der Waals surface area contributed by atoms with Crippen LogP contribution in [-0.2, 0) is 0 Å². The molecule has 5 heteroatoms. The van der Waals surface area contributed by atoms with Gasteiger partial charge in [0.1, 0.15) is 0 Å². The Kier molecular flexibility index (Phi) is 4.44. The fourth-order valence-corrected chi connectivity index (χ4v) is 0.652. The molecule has 0 aliphatic carbocycles. The standard InChI is InChI=1S/C6H11F3O2/c7-6(8,9)4-2-1-3-5(10)11/h5,10-11H,1-4H2. The summed E-state index contributed by atoms with van der Waals surface area (Å²) in [5.41, 5.74) is 0. The average Bonchev–Trinajstić information content (AvgIpc) is 1.78. The lowest BCUT2D eigenvalue weighted by Crippen LogP contribution is -2.08. The van der Waals surface area contributed by atoms with Crippen LogP contribution in [-0.4, -0.2) is 22.7 Å². The number of hydrogen-bond acceptors (Lipinski definition) is 2. The van der Waals surface area contributed by atoms with E-state index in [2.05, 4.69) is 0 Å². The molecule has 0 saturated heterocycles. The Morgan fingerprint density at radius 3 is 2.00 bits per heavy atom. The molecule has 68 valence electrons. The van der Waals surface area contributed by atoms with Crippen LogP contribution in [0.25, 0.3) is 0 Å². The normalized spacial score (nSPS) is 12.5. The third kappa shape index (κ3) is 9.71. The predicted molar refractivity (Wildman–Crippen MR) is 32.7 cm³/mol. The molecule has 0 aromatic rings. The predicted octanol–water partition coefficient (Wildman–Crippen LogP) is 1.42. The molecule has 0 aromatic carbocycles. The molecule has 0 spiro atoms. The van der Waals surface area contributed by atoms with Crippen molar-refractivity contribution in [3.63, 3.8) is 0 Å². The summed E-state index contributed by atoms with van der Waals surface area (Å²) in [5, 5.41) is 16.5. The largest absolute Gasteiger partial charge is 0.389 e. The van der Waals surface area contributed by atoms with Gasteiger partial charge in [0, 0.05) is 6.42 Å². The number of rotatable bonds is 4. The van der Waals surface area contributed by atoms with Crippen molar-refractivity contribution in [1.29, 1.82) is 0 Å². The van der Waals surface area contributed by atoms with E-state index in [1.54, 1.807) is 0 Å². The first-order valence-corrected chi connectivity index (χ1v) is 3.35. The average molecular weight is 172 g/mol. The van der Waals surface area contributed by atoms with E-state index in [-0.39, 0.29) is 19.3 Å². The first-order chi connectivity index (χ1) is 4.92. The summed E-state index contributed by atoms with van der Waals surface area (Å²) >= 11 is 0. The lowest BCUT2D eigenvalue weighted by molar-refractivity contribution is -0.136. The Bertz CT molecular complexity index is 100. The molecule has 0 amide bonds. The van der Waals surface area contributed by atoms with Crippen LogP contribution in [0.5, 0.6) is 0 Å². The molecule has 0 aliphatic rings. The minimum Gasteiger partial charge on any atom is -0.368 e. The van der Waals surface area contributed by atoms with E-state index >= 15 is 0 Å². The Hall–Kier alpha value is -0.290. The van der Waals surface area contributed by atoms with Gasteiger partial charge in [0.05, 0.1) is 0 Å². The van der Waals surface area contributed by atoms with Gasteiger partial charge in [-0.15, -0.1) is 0 Å². The van der Waals surface area contributed by atoms with E-state index in [0.29, 0.717) is 0 Å². The smallest absolute Gasteiger partial charge is 0.368 e. The highest BCUT2D eigenvalue weighted by Crippen LogP contribution is 2.22. The van der Waals surface area contributed by atoms with Crippen LogP contribution >= 0.6 is 0 Å². The first kappa shape index (κ1) is 10.7. The zero-order chi connectivity index (χ0) is 8.91. The number of aliphatic hydroxyl groups is 2. The molecule has 0 heterocycles. The topological polar surface area (TPSA) is 40.5 Å². The molecule has 0 rings (SSSR count). The van der Waals surface area contributed by atoms with E-state index in [9.17, 15) is 13.2 Å². The number of alkyl halides is 3. The molecular formula is C6H11F3O2. The molecular weight excluding hydrogens is 161 g/mol. The Labute approximate surface area is 62.6 Å². The van der Waals surface area contributed by atoms with Crippen molar-refractivity contribution in [2.75, 3.05) is 0 Å². The van der Waals surface area contributed by atoms with Crippen molar-refractivity contribution in [1.82, 2.24) is 0 Å². The van der Waals surface area contributed by atoms with Crippen molar-refractivity contribution in [3.8, 4) is 0 Å². The summed E-state index contributed by atoms with van der Waals surface area (Å²) in [5.74, 6) is 0. The van der Waals surface area contributed by atoms with Crippen molar-refractivity contribution < 1.29 is 23.4 Å². The van der Waals surface area contributed by atoms with E-state index in [1.165, 1.54) is 0 Å². The number of unbranched alkanes of at least 4 members (excludes halogenated alkanes) is 1. The van der Waals surface area contributed by atoms with E-state index in [0.717, 1.165) is 0 Å². The third-order valence-electron chi connectivity index (χ3n) is 1.17. The fourth-order valence-electron chi connectivity index (χ4n) is 0.652. The number of hydrogen-bond donors (Lipinski definition) is 2. The Morgan fingerprint density at radius 1 is 1.09 bits per heavy atom. The van der Waals surface area contributed by atoms with Gasteiger partial charge in [0.2, 0.25) is 0 Å². The minimum atomic E-state index is -4.12. The third-order valence-corrected chi connectivity index (χ3v) is 1.17. The van der Waals surface area contributed by atoms with Crippen molar-refractivity contribution in [2.24, 2.45) is 0 Å². The fraction of sp³-hybridized carbons (Fsp3) is 1.00. The highest BCUT2D eigenvalue weighted by atomic mass is 19.4. The van der Waals surface area contributed by atoms with Gasteiger partial charge in [-0.05, 0) is 19.3 Å². The van der Waals surface area contributed by atoms with Crippen molar-refractivity contribution >= 4 is 0 Å².